The lowest BCUT2D eigenvalue weighted by molar-refractivity contribution is -0.384. The molecule has 4 rings (SSSR count). The quantitative estimate of drug-likeness (QED) is 0.0311. The molecule has 0 spiro atoms. The number of nitro groups is 1. The number of pyridine rings is 2. The summed E-state index contributed by atoms with van der Waals surface area (Å²) in [5.74, 6) is 2.49. The molecule has 17 heteroatoms. The first-order valence-corrected chi connectivity index (χ1v) is 18.9. The third-order valence-corrected chi connectivity index (χ3v) is 7.91. The molecule has 2 heterocycles. The summed E-state index contributed by atoms with van der Waals surface area (Å²) in [6.45, 7) is 14.1. The number of amides is 2. The van der Waals surface area contributed by atoms with Crippen molar-refractivity contribution in [3.63, 3.8) is 0 Å². The van der Waals surface area contributed by atoms with E-state index in [2.05, 4.69) is 50.0 Å². The van der Waals surface area contributed by atoms with Gasteiger partial charge in [0.1, 0.15) is 40.3 Å². The zero-order valence-corrected chi connectivity index (χ0v) is 34.0. The summed E-state index contributed by atoms with van der Waals surface area (Å²) >= 11 is 0. The Hall–Kier alpha value is -6.04. The minimum absolute atomic E-state index is 0. The van der Waals surface area contributed by atoms with Crippen LogP contribution in [0.5, 0.6) is 23.0 Å². The summed E-state index contributed by atoms with van der Waals surface area (Å²) in [7, 11) is 3.42. The number of aliphatic hydroxyl groups excluding tert-OH is 1. The van der Waals surface area contributed by atoms with Crippen LogP contribution in [0.3, 0.4) is 0 Å². The van der Waals surface area contributed by atoms with Gasteiger partial charge in [0, 0.05) is 51.3 Å². The standard InChI is InChI=1S/C19H25N5O4.C19H27N5O2.C2H6O.CH4/c1-4-10-23(5-2)13-19(25)22-18-12-15(8-9-21-18)28-14-6-7-16(20-3)17(11-14)24(26)27;1-4-10-24(5-2)13-19(25)23-18-12-15(8-9-22-18)26-14-6-7-17(21-3)16(20)11-14;1-2-3;/h6-9,11-12,20H,4-5,10,13H2,1-3H3,(H,21,22,25);6-9,11-12,21H,4-5,10,13,20H2,1-3H3,(H,22,23,25);3H,2H2,1H3;1H4. The van der Waals surface area contributed by atoms with E-state index in [0.717, 1.165) is 44.7 Å². The SMILES string of the molecule is C.CCCN(CC)CC(=O)Nc1cc(Oc2ccc(NC)c(N)c2)ccn1.CCCN(CC)CC(=O)Nc1cc(Oc2ccc(NC)c([N+](=O)[O-])c2)ccn1.CCO. The zero-order valence-electron chi connectivity index (χ0n) is 34.0. The highest BCUT2D eigenvalue weighted by molar-refractivity contribution is 5.92. The highest BCUT2D eigenvalue weighted by atomic mass is 16.6. The first-order chi connectivity index (χ1) is 27.4. The Kier molecular flexibility index (Phi) is 23.7. The second kappa shape index (κ2) is 27.5. The minimum Gasteiger partial charge on any atom is -0.457 e. The van der Waals surface area contributed by atoms with Gasteiger partial charge in [0.15, 0.2) is 0 Å². The topological polar surface area (TPSA) is 222 Å². The van der Waals surface area contributed by atoms with Gasteiger partial charge in [-0.15, -0.1) is 0 Å². The monoisotopic (exact) mass is 806 g/mol. The van der Waals surface area contributed by atoms with Gasteiger partial charge in [-0.1, -0.05) is 35.1 Å². The van der Waals surface area contributed by atoms with Crippen molar-refractivity contribution in [2.75, 3.05) is 87.0 Å². The largest absolute Gasteiger partial charge is 0.457 e. The predicted molar refractivity (Wildman–Crippen MR) is 233 cm³/mol. The number of nitrogens with two attached hydrogens (primary N) is 1. The van der Waals surface area contributed by atoms with Crippen LogP contribution in [0.2, 0.25) is 0 Å². The van der Waals surface area contributed by atoms with Crippen molar-refractivity contribution in [3.05, 3.63) is 83.2 Å². The fraction of sp³-hybridized carbons (Fsp3) is 0.415. The number of nitrogens with zero attached hydrogens (tertiary/aromatic N) is 5. The van der Waals surface area contributed by atoms with Crippen molar-refractivity contribution in [1.82, 2.24) is 19.8 Å². The fourth-order valence-corrected chi connectivity index (χ4v) is 5.23. The molecule has 7 N–H and O–H groups in total. The lowest BCUT2D eigenvalue weighted by atomic mass is 10.2. The van der Waals surface area contributed by atoms with Crippen LogP contribution in [-0.2, 0) is 9.59 Å². The van der Waals surface area contributed by atoms with Gasteiger partial charge in [-0.05, 0) is 82.3 Å². The van der Waals surface area contributed by atoms with E-state index >= 15 is 0 Å². The average Bonchev–Trinajstić information content (AvgIpc) is 3.18. The second-order valence-corrected chi connectivity index (χ2v) is 12.3. The van der Waals surface area contributed by atoms with Gasteiger partial charge in [0.2, 0.25) is 11.8 Å². The lowest BCUT2D eigenvalue weighted by Gasteiger charge is -2.18. The molecule has 0 radical (unpaired) electrons. The molecule has 0 aliphatic rings. The molecule has 58 heavy (non-hydrogen) atoms. The van der Waals surface area contributed by atoms with E-state index in [-0.39, 0.29) is 38.1 Å². The summed E-state index contributed by atoms with van der Waals surface area (Å²) in [6, 6.07) is 16.6. The minimum atomic E-state index is -0.479. The van der Waals surface area contributed by atoms with Crippen LogP contribution in [0.25, 0.3) is 0 Å². The molecule has 2 aromatic carbocycles. The number of rotatable bonds is 19. The van der Waals surface area contributed by atoms with Gasteiger partial charge in [0.05, 0.1) is 35.5 Å². The van der Waals surface area contributed by atoms with E-state index in [1.165, 1.54) is 12.3 Å². The van der Waals surface area contributed by atoms with Crippen LogP contribution < -0.4 is 36.5 Å². The Morgan fingerprint density at radius 2 is 1.14 bits per heavy atom. The summed E-state index contributed by atoms with van der Waals surface area (Å²) in [5.41, 5.74) is 7.70. The lowest BCUT2D eigenvalue weighted by Crippen LogP contribution is -2.33. The molecule has 0 atom stereocenters. The fourth-order valence-electron chi connectivity index (χ4n) is 5.23. The van der Waals surface area contributed by atoms with Crippen molar-refractivity contribution < 1.29 is 29.1 Å². The van der Waals surface area contributed by atoms with Gasteiger partial charge in [-0.3, -0.25) is 29.5 Å². The first-order valence-electron chi connectivity index (χ1n) is 18.9. The second-order valence-electron chi connectivity index (χ2n) is 12.3. The highest BCUT2D eigenvalue weighted by Gasteiger charge is 2.15. The molecular formula is C41H62N10O7. The normalized spacial score (nSPS) is 10.2. The molecule has 0 bridgehead atoms. The van der Waals surface area contributed by atoms with Gasteiger partial charge in [-0.2, -0.15) is 0 Å². The zero-order chi connectivity index (χ0) is 42.2. The highest BCUT2D eigenvalue weighted by Crippen LogP contribution is 2.32. The van der Waals surface area contributed by atoms with E-state index < -0.39 is 4.92 Å². The summed E-state index contributed by atoms with van der Waals surface area (Å²) < 4.78 is 11.5. The molecule has 318 valence electrons. The number of aliphatic hydroxyl groups is 1. The molecule has 17 nitrogen and oxygen atoms in total. The van der Waals surface area contributed by atoms with Crippen molar-refractivity contribution >= 4 is 46.2 Å². The van der Waals surface area contributed by atoms with E-state index in [4.69, 9.17) is 20.3 Å². The third-order valence-electron chi connectivity index (χ3n) is 7.91. The number of nitrogen functional groups attached to an aromatic ring is 1. The summed E-state index contributed by atoms with van der Waals surface area (Å²) in [5, 5.41) is 30.1. The Bertz CT molecular complexity index is 1850. The van der Waals surface area contributed by atoms with Crippen LogP contribution >= 0.6 is 0 Å². The predicted octanol–water partition coefficient (Wildman–Crippen LogP) is 7.30. The van der Waals surface area contributed by atoms with Gasteiger partial charge in [0.25, 0.3) is 5.69 Å². The maximum absolute atomic E-state index is 12.2. The van der Waals surface area contributed by atoms with Crippen LogP contribution in [0.1, 0.15) is 54.9 Å². The Balaban J connectivity index is 0.000000536. The Labute approximate surface area is 342 Å². The number of ether oxygens (including phenoxy) is 2. The van der Waals surface area contributed by atoms with Crippen LogP contribution in [0, 0.1) is 10.1 Å². The van der Waals surface area contributed by atoms with Gasteiger partial charge in [-0.25, -0.2) is 9.97 Å². The summed E-state index contributed by atoms with van der Waals surface area (Å²) in [4.78, 5) is 47.5. The third kappa shape index (κ3) is 17.8. The first kappa shape index (κ1) is 50.0. The van der Waals surface area contributed by atoms with Crippen molar-refractivity contribution in [2.24, 2.45) is 0 Å². The van der Waals surface area contributed by atoms with Gasteiger partial charge >= 0.3 is 0 Å². The van der Waals surface area contributed by atoms with Crippen LogP contribution in [0.4, 0.5) is 34.4 Å². The van der Waals surface area contributed by atoms with E-state index in [1.807, 2.05) is 37.9 Å². The molecule has 4 aromatic rings. The number of hydrogen-bond acceptors (Lipinski definition) is 14. The molecule has 0 saturated heterocycles. The molecule has 0 aliphatic carbocycles. The van der Waals surface area contributed by atoms with E-state index in [1.54, 1.807) is 62.6 Å². The molecule has 2 aromatic heterocycles. The molecule has 0 fully saturated rings. The molecule has 0 saturated carbocycles. The van der Waals surface area contributed by atoms with Crippen LogP contribution in [0.15, 0.2) is 73.1 Å². The number of anilines is 5. The number of aromatic nitrogens is 2. The number of likely N-dealkylation sites (N-methyl/N-ethyl adjacent to an activating group) is 2. The average molecular weight is 807 g/mol. The van der Waals surface area contributed by atoms with Crippen molar-refractivity contribution in [2.45, 2.75) is 54.9 Å². The maximum atomic E-state index is 12.2. The number of carbonyl (C=O) groups is 2. The van der Waals surface area contributed by atoms with Gasteiger partial charge < -0.3 is 41.6 Å². The van der Waals surface area contributed by atoms with E-state index in [9.17, 15) is 19.7 Å². The maximum Gasteiger partial charge on any atom is 0.296 e. The van der Waals surface area contributed by atoms with Crippen molar-refractivity contribution in [3.8, 4) is 23.0 Å². The van der Waals surface area contributed by atoms with Crippen molar-refractivity contribution in [1.29, 1.82) is 0 Å². The number of nitro benzene ring substituents is 1. The molecule has 2 amide bonds. The number of hydrogen-bond donors (Lipinski definition) is 6. The summed E-state index contributed by atoms with van der Waals surface area (Å²) in [6.07, 6.45) is 5.09. The number of carbonyl (C=O) groups excluding carboxylic acids is 2. The molecular weight excluding hydrogens is 745 g/mol. The molecule has 0 aliphatic heterocycles. The van der Waals surface area contributed by atoms with Crippen LogP contribution in [-0.4, -0.2) is 102 Å². The molecule has 0 unspecified atom stereocenters. The number of nitrogens with one attached hydrogen (secondary N) is 4. The number of benzene rings is 2. The smallest absolute Gasteiger partial charge is 0.296 e. The Morgan fingerprint density at radius 3 is 1.52 bits per heavy atom. The Morgan fingerprint density at radius 1 is 0.724 bits per heavy atom. The van der Waals surface area contributed by atoms with E-state index in [0.29, 0.717) is 52.6 Å².